The second kappa shape index (κ2) is 10.1. The van der Waals surface area contributed by atoms with E-state index in [-0.39, 0.29) is 5.97 Å². The van der Waals surface area contributed by atoms with Crippen molar-refractivity contribution in [2.24, 2.45) is 5.92 Å². The monoisotopic (exact) mass is 408 g/mol. The third kappa shape index (κ3) is 5.87. The minimum atomic E-state index is -0.423. The maximum atomic E-state index is 12.6. The zero-order valence-electron chi connectivity index (χ0n) is 18.9. The molecule has 3 rings (SSSR count). The van der Waals surface area contributed by atoms with Gasteiger partial charge in [0.05, 0.1) is 5.56 Å². The molecule has 0 heterocycles. The summed E-state index contributed by atoms with van der Waals surface area (Å²) in [6, 6.07) is 15.9. The number of hydrogen-bond donors (Lipinski definition) is 0. The van der Waals surface area contributed by atoms with Crippen LogP contribution in [-0.2, 0) is 11.3 Å². The van der Waals surface area contributed by atoms with E-state index in [1.807, 2.05) is 26.0 Å². The van der Waals surface area contributed by atoms with E-state index in [4.69, 9.17) is 9.47 Å². The number of carbonyl (C=O) groups is 1. The summed E-state index contributed by atoms with van der Waals surface area (Å²) in [7, 11) is 0. The second-order valence-electron chi connectivity index (χ2n) is 9.19. The molecule has 0 bridgehead atoms. The van der Waals surface area contributed by atoms with E-state index in [9.17, 15) is 4.79 Å². The first-order valence-electron chi connectivity index (χ1n) is 11.4. The number of esters is 1. The van der Waals surface area contributed by atoms with Crippen LogP contribution >= 0.6 is 0 Å². The molecule has 0 spiro atoms. The van der Waals surface area contributed by atoms with Gasteiger partial charge in [-0.05, 0) is 80.3 Å². The molecule has 0 amide bonds. The number of hydrogen-bond acceptors (Lipinski definition) is 3. The molecule has 0 saturated heterocycles. The number of benzene rings is 2. The SMILES string of the molecule is CCC(C)c1ccc(COc2ccc(C(=O)OC(C)(C)C3CCCCC3)cc2)cc1. The Kier molecular flexibility index (Phi) is 7.58. The first-order valence-corrected chi connectivity index (χ1v) is 11.4. The first kappa shape index (κ1) is 22.4. The van der Waals surface area contributed by atoms with E-state index < -0.39 is 5.60 Å². The average molecular weight is 409 g/mol. The molecular formula is C27H36O3. The van der Waals surface area contributed by atoms with Gasteiger partial charge < -0.3 is 9.47 Å². The van der Waals surface area contributed by atoms with Gasteiger partial charge >= 0.3 is 5.97 Å². The van der Waals surface area contributed by atoms with Crippen LogP contribution in [0.3, 0.4) is 0 Å². The van der Waals surface area contributed by atoms with Crippen LogP contribution < -0.4 is 4.74 Å². The number of ether oxygens (including phenoxy) is 2. The highest BCUT2D eigenvalue weighted by atomic mass is 16.6. The van der Waals surface area contributed by atoms with Crippen LogP contribution in [0.2, 0.25) is 0 Å². The quantitative estimate of drug-likeness (QED) is 0.430. The highest BCUT2D eigenvalue weighted by Gasteiger charge is 2.34. The molecule has 0 aliphatic heterocycles. The van der Waals surface area contributed by atoms with Crippen molar-refractivity contribution in [3.05, 3.63) is 65.2 Å². The average Bonchev–Trinajstić information content (AvgIpc) is 2.78. The maximum Gasteiger partial charge on any atom is 0.338 e. The van der Waals surface area contributed by atoms with Gasteiger partial charge in [-0.1, -0.05) is 57.4 Å². The van der Waals surface area contributed by atoms with Crippen LogP contribution in [0.1, 0.15) is 93.6 Å². The van der Waals surface area contributed by atoms with Crippen LogP contribution in [0.4, 0.5) is 0 Å². The summed E-state index contributed by atoms with van der Waals surface area (Å²) in [5.41, 5.74) is 2.65. The zero-order chi connectivity index (χ0) is 21.6. The summed E-state index contributed by atoms with van der Waals surface area (Å²) in [6.45, 7) is 9.06. The second-order valence-corrected chi connectivity index (χ2v) is 9.19. The van der Waals surface area contributed by atoms with Crippen LogP contribution in [0.15, 0.2) is 48.5 Å². The molecule has 2 aromatic carbocycles. The van der Waals surface area contributed by atoms with E-state index in [0.717, 1.165) is 30.6 Å². The lowest BCUT2D eigenvalue weighted by Gasteiger charge is -2.36. The Morgan fingerprint density at radius 1 is 1.00 bits per heavy atom. The molecule has 1 saturated carbocycles. The van der Waals surface area contributed by atoms with Crippen molar-refractivity contribution in [3.8, 4) is 5.75 Å². The Morgan fingerprint density at radius 3 is 2.23 bits per heavy atom. The minimum Gasteiger partial charge on any atom is -0.489 e. The van der Waals surface area contributed by atoms with E-state index >= 15 is 0 Å². The summed E-state index contributed by atoms with van der Waals surface area (Å²) in [5.74, 6) is 1.53. The van der Waals surface area contributed by atoms with Gasteiger partial charge in [0.1, 0.15) is 18.0 Å². The lowest BCUT2D eigenvalue weighted by molar-refractivity contribution is -0.0384. The largest absolute Gasteiger partial charge is 0.489 e. The van der Waals surface area contributed by atoms with Crippen molar-refractivity contribution in [1.29, 1.82) is 0 Å². The molecule has 1 unspecified atom stereocenters. The van der Waals surface area contributed by atoms with Crippen molar-refractivity contribution in [3.63, 3.8) is 0 Å². The highest BCUT2D eigenvalue weighted by molar-refractivity contribution is 5.89. The van der Waals surface area contributed by atoms with Crippen molar-refractivity contribution in [2.45, 2.75) is 84.3 Å². The third-order valence-electron chi connectivity index (χ3n) is 6.60. The first-order chi connectivity index (χ1) is 14.4. The van der Waals surface area contributed by atoms with E-state index in [1.165, 1.54) is 24.8 Å². The molecule has 3 nitrogen and oxygen atoms in total. The van der Waals surface area contributed by atoms with Crippen molar-refractivity contribution < 1.29 is 14.3 Å². The molecule has 0 N–H and O–H groups in total. The lowest BCUT2D eigenvalue weighted by Crippen LogP contribution is -2.37. The van der Waals surface area contributed by atoms with Crippen molar-refractivity contribution >= 4 is 5.97 Å². The predicted octanol–water partition coefficient (Wildman–Crippen LogP) is 7.29. The van der Waals surface area contributed by atoms with Crippen molar-refractivity contribution in [2.75, 3.05) is 0 Å². The molecule has 1 atom stereocenters. The lowest BCUT2D eigenvalue weighted by atomic mass is 9.79. The fraction of sp³-hybridized carbons (Fsp3) is 0.519. The predicted molar refractivity (Wildman–Crippen MR) is 122 cm³/mol. The van der Waals surface area contributed by atoms with Gasteiger partial charge in [-0.2, -0.15) is 0 Å². The van der Waals surface area contributed by atoms with Crippen LogP contribution in [-0.4, -0.2) is 11.6 Å². The summed E-state index contributed by atoms with van der Waals surface area (Å²) in [4.78, 5) is 12.6. The molecule has 3 heteroatoms. The molecule has 1 aliphatic carbocycles. The molecule has 0 radical (unpaired) electrons. The zero-order valence-corrected chi connectivity index (χ0v) is 18.9. The van der Waals surface area contributed by atoms with E-state index in [2.05, 4.69) is 38.1 Å². The summed E-state index contributed by atoms with van der Waals surface area (Å²) >= 11 is 0. The Bertz CT molecular complexity index is 799. The molecule has 30 heavy (non-hydrogen) atoms. The van der Waals surface area contributed by atoms with Gasteiger partial charge in [0.15, 0.2) is 0 Å². The van der Waals surface area contributed by atoms with Crippen molar-refractivity contribution in [1.82, 2.24) is 0 Å². The summed E-state index contributed by atoms with van der Waals surface area (Å²) in [6.07, 6.45) is 7.19. The van der Waals surface area contributed by atoms with Gasteiger partial charge in [0.25, 0.3) is 0 Å². The van der Waals surface area contributed by atoms with Gasteiger partial charge in [0.2, 0.25) is 0 Å². The minimum absolute atomic E-state index is 0.252. The topological polar surface area (TPSA) is 35.5 Å². The van der Waals surface area contributed by atoms with Crippen LogP contribution in [0, 0.1) is 5.92 Å². The van der Waals surface area contributed by atoms with Crippen LogP contribution in [0.25, 0.3) is 0 Å². The summed E-state index contributed by atoms with van der Waals surface area (Å²) in [5, 5.41) is 0. The maximum absolute atomic E-state index is 12.6. The highest BCUT2D eigenvalue weighted by Crippen LogP contribution is 2.35. The standard InChI is InChI=1S/C27H36O3/c1-5-20(2)22-13-11-21(12-14-22)19-29-25-17-15-23(16-18-25)26(28)30-27(3,4)24-9-7-6-8-10-24/h11-18,20,24H,5-10,19H2,1-4H3. The molecular weight excluding hydrogens is 372 g/mol. The fourth-order valence-corrected chi connectivity index (χ4v) is 4.21. The fourth-order valence-electron chi connectivity index (χ4n) is 4.21. The van der Waals surface area contributed by atoms with E-state index in [0.29, 0.717) is 24.0 Å². The Labute approximate surface area is 181 Å². The van der Waals surface area contributed by atoms with Gasteiger partial charge in [0, 0.05) is 0 Å². The Morgan fingerprint density at radius 2 is 1.63 bits per heavy atom. The van der Waals surface area contributed by atoms with Crippen LogP contribution in [0.5, 0.6) is 5.75 Å². The molecule has 1 fully saturated rings. The normalized spacial score (nSPS) is 16.1. The Hall–Kier alpha value is -2.29. The molecule has 162 valence electrons. The van der Waals surface area contributed by atoms with Gasteiger partial charge in [-0.25, -0.2) is 4.79 Å². The summed E-state index contributed by atoms with van der Waals surface area (Å²) < 4.78 is 11.8. The van der Waals surface area contributed by atoms with E-state index in [1.54, 1.807) is 12.1 Å². The number of rotatable bonds is 8. The van der Waals surface area contributed by atoms with Gasteiger partial charge in [-0.15, -0.1) is 0 Å². The molecule has 0 aromatic heterocycles. The Balaban J connectivity index is 1.53. The molecule has 1 aliphatic rings. The van der Waals surface area contributed by atoms with Gasteiger partial charge in [-0.3, -0.25) is 0 Å². The smallest absolute Gasteiger partial charge is 0.338 e. The third-order valence-corrected chi connectivity index (χ3v) is 6.60. The molecule has 2 aromatic rings. The number of carbonyl (C=O) groups excluding carboxylic acids is 1.